The molecule has 8 fully saturated rings. The van der Waals surface area contributed by atoms with E-state index in [9.17, 15) is 4.79 Å². The summed E-state index contributed by atoms with van der Waals surface area (Å²) in [5.41, 5.74) is 3.84. The predicted octanol–water partition coefficient (Wildman–Crippen LogP) is 11.7. The molecule has 8 heterocycles. The smallest absolute Gasteiger partial charge is 0.303 e. The number of rotatable bonds is 27. The van der Waals surface area contributed by atoms with E-state index in [1.54, 1.807) is 6.92 Å². The van der Waals surface area contributed by atoms with E-state index in [-0.39, 0.29) is 63.5 Å². The van der Waals surface area contributed by atoms with E-state index in [4.69, 9.17) is 105 Å². The molecule has 10 unspecified atom stereocenters. The molecule has 13 rings (SSSR count). The first-order valence-corrected chi connectivity index (χ1v) is 37.0. The summed E-state index contributed by atoms with van der Waals surface area (Å²) in [5.74, 6) is -3.64. The average Bonchev–Trinajstić information content (AvgIpc) is 1.54. The van der Waals surface area contributed by atoms with Crippen molar-refractivity contribution in [3.63, 3.8) is 0 Å². The Bertz CT molecular complexity index is 3500. The van der Waals surface area contributed by atoms with Crippen molar-refractivity contribution in [3.05, 3.63) is 179 Å². The molecule has 0 amide bonds. The van der Waals surface area contributed by atoms with E-state index in [1.807, 2.05) is 207 Å². The van der Waals surface area contributed by atoms with Crippen molar-refractivity contribution in [2.75, 3.05) is 26.4 Å². The highest BCUT2D eigenvalue weighted by Crippen LogP contribution is 2.49. The third-order valence-corrected chi connectivity index (χ3v) is 21.2. The fourth-order valence-electron chi connectivity index (χ4n) is 15.6. The highest BCUT2D eigenvalue weighted by molar-refractivity contribution is 5.69. The Balaban J connectivity index is 0.826. The van der Waals surface area contributed by atoms with Crippen molar-refractivity contribution in [1.82, 2.24) is 0 Å². The summed E-state index contributed by atoms with van der Waals surface area (Å²) in [6.45, 7) is 24.2. The SMILES string of the molecule is CC(=N)O[C@H]1OC(C)[C@H](OC(C)=O)C(O[C@@H]2OC(C)[C@H](C)C3OC(C)(C)O[C@@H]32)[C@H]1O[C@@H]1OC(C)[C@H](O[C@@H]2OC[C@@H](C)C(O[C@@H]3OCC4(COCc5ccccc5)O[C@@H](c5ccccc5)O[C@H]34)[C@H]2C)C(O[C@@H]2OC(COCc3ccccc3)[C@@H](OCc3ccccc3)C(OCc3ccccc3)[C@H]2C)[C@@H]1C. The lowest BCUT2D eigenvalue weighted by atomic mass is 9.88. The molecule has 8 aliphatic rings. The minimum atomic E-state index is -1.31. The van der Waals surface area contributed by atoms with Gasteiger partial charge in [0.15, 0.2) is 61.6 Å². The second-order valence-electron chi connectivity index (χ2n) is 29.8. The van der Waals surface area contributed by atoms with Gasteiger partial charge in [0.05, 0.1) is 95.6 Å². The van der Waals surface area contributed by atoms with Crippen LogP contribution in [0.4, 0.5) is 0 Å². The number of benzene rings is 5. The molecule has 28 atom stereocenters. The quantitative estimate of drug-likeness (QED) is 0.0292. The third kappa shape index (κ3) is 17.9. The van der Waals surface area contributed by atoms with Crippen LogP contribution in [0.3, 0.4) is 0 Å². The molecule has 0 bridgehead atoms. The van der Waals surface area contributed by atoms with Crippen molar-refractivity contribution < 1.29 is 104 Å². The highest BCUT2D eigenvalue weighted by atomic mass is 16.8. The van der Waals surface area contributed by atoms with Gasteiger partial charge in [-0.05, 0) is 56.9 Å². The maximum Gasteiger partial charge on any atom is 0.303 e. The summed E-state index contributed by atoms with van der Waals surface area (Å²) in [6.07, 6.45) is -18.7. The van der Waals surface area contributed by atoms with E-state index in [2.05, 4.69) is 6.92 Å². The maximum atomic E-state index is 13.3. The number of hydrogen-bond donors (Lipinski definition) is 1. The topological polar surface area (TPSA) is 235 Å². The molecule has 8 saturated heterocycles. The molecule has 1 N–H and O–H groups in total. The molecule has 566 valence electrons. The van der Waals surface area contributed by atoms with Crippen molar-refractivity contribution >= 4 is 11.9 Å². The van der Waals surface area contributed by atoms with Crippen LogP contribution in [0.25, 0.3) is 0 Å². The zero-order valence-electron chi connectivity index (χ0n) is 61.7. The first-order chi connectivity index (χ1) is 50.2. The van der Waals surface area contributed by atoms with Crippen LogP contribution in [0.1, 0.15) is 117 Å². The largest absolute Gasteiger partial charge is 0.457 e. The third-order valence-electron chi connectivity index (χ3n) is 21.2. The van der Waals surface area contributed by atoms with Crippen LogP contribution < -0.4 is 0 Å². The molecule has 23 nitrogen and oxygen atoms in total. The first-order valence-electron chi connectivity index (χ1n) is 37.0. The van der Waals surface area contributed by atoms with Crippen molar-refractivity contribution in [2.24, 2.45) is 29.6 Å². The van der Waals surface area contributed by atoms with Gasteiger partial charge in [0.2, 0.25) is 6.29 Å². The molecule has 5 aromatic carbocycles. The molecular weight excluding hydrogens is 1340 g/mol. The van der Waals surface area contributed by atoms with Crippen LogP contribution in [-0.4, -0.2) is 179 Å². The fraction of sp³-hybridized carbons (Fsp3) is 0.605. The molecule has 8 aliphatic heterocycles. The Labute approximate surface area is 610 Å². The van der Waals surface area contributed by atoms with E-state index in [0.717, 1.165) is 27.8 Å². The molecule has 0 saturated carbocycles. The molecule has 0 aliphatic carbocycles. The molecule has 5 aromatic rings. The average molecular weight is 1440 g/mol. The summed E-state index contributed by atoms with van der Waals surface area (Å²) >= 11 is 0. The monoisotopic (exact) mass is 1440 g/mol. The van der Waals surface area contributed by atoms with Gasteiger partial charge in [0, 0.05) is 49.0 Å². The minimum absolute atomic E-state index is 0.0778. The Morgan fingerprint density at radius 1 is 0.442 bits per heavy atom. The van der Waals surface area contributed by atoms with Crippen LogP contribution >= 0.6 is 0 Å². The van der Waals surface area contributed by atoms with Crippen molar-refractivity contribution in [2.45, 2.75) is 256 Å². The normalized spacial score (nSPS) is 39.0. The zero-order valence-corrected chi connectivity index (χ0v) is 61.7. The van der Waals surface area contributed by atoms with Gasteiger partial charge >= 0.3 is 5.97 Å². The first kappa shape index (κ1) is 76.5. The number of nitrogens with one attached hydrogen (secondary N) is 1. The van der Waals surface area contributed by atoms with Gasteiger partial charge in [0.1, 0.15) is 42.2 Å². The standard InChI is InChI=1S/C81H105NO22/c1-46-38-88-73(48(3)62(46)96-79-72-81(45-89-79,44-85-40-57-30-20-14-21-31-57)104-76(101-72)60-36-26-17-27-37-60)98-66-52(7)91-74(100-70-69(67(94-55(10)83)53(8)92-77(70)93-54(9)82)99-78-71-65(47(2)51(6)90-78)102-80(11,12)103-71)50(5)64(66)97-75-49(4)63(86-41-58-32-22-15-23-33-58)68(87-42-59-34-24-16-25-35-59)61(95-75)43-84-39-56-28-18-13-19-29-56/h13-37,46-53,61-79,82H,38-45H2,1-12H3/t46-,47+,48-,49-,50+,51?,52?,53?,61?,62?,63?,64?,65?,66+,67+,68-,69?,70-,71+,72-,73+,74+,75+,76+,77-,78+,79+,81?/m1/s1. The minimum Gasteiger partial charge on any atom is -0.457 e. The Kier molecular flexibility index (Phi) is 25.2. The lowest BCUT2D eigenvalue weighted by Crippen LogP contribution is -2.66. The summed E-state index contributed by atoms with van der Waals surface area (Å²) in [7, 11) is 0. The molecule has 104 heavy (non-hydrogen) atoms. The van der Waals surface area contributed by atoms with E-state index >= 15 is 0 Å². The second-order valence-corrected chi connectivity index (χ2v) is 29.8. The van der Waals surface area contributed by atoms with E-state index in [0.29, 0.717) is 13.2 Å². The molecule has 23 heteroatoms. The lowest BCUT2D eigenvalue weighted by Gasteiger charge is -2.52. The van der Waals surface area contributed by atoms with Crippen molar-refractivity contribution in [1.29, 1.82) is 5.41 Å². The molecule has 0 radical (unpaired) electrons. The number of fused-ring (bicyclic) bond motifs is 2. The Hall–Kier alpha value is -5.72. The van der Waals surface area contributed by atoms with Gasteiger partial charge in [-0.15, -0.1) is 0 Å². The van der Waals surface area contributed by atoms with Crippen LogP contribution in [0.15, 0.2) is 152 Å². The number of ether oxygens (including phenoxy) is 21. The van der Waals surface area contributed by atoms with Crippen molar-refractivity contribution in [3.8, 4) is 0 Å². The summed E-state index contributed by atoms with van der Waals surface area (Å²) in [6, 6.07) is 49.9. The van der Waals surface area contributed by atoms with Gasteiger partial charge in [0.25, 0.3) is 0 Å². The van der Waals surface area contributed by atoms with Crippen LogP contribution in [-0.2, 0) is 131 Å². The van der Waals surface area contributed by atoms with Gasteiger partial charge < -0.3 is 99.5 Å². The maximum absolute atomic E-state index is 13.3. The van der Waals surface area contributed by atoms with Crippen LogP contribution in [0.5, 0.6) is 0 Å². The predicted molar refractivity (Wildman–Crippen MR) is 375 cm³/mol. The number of carbonyl (C=O) groups is 1. The zero-order chi connectivity index (χ0) is 72.8. The van der Waals surface area contributed by atoms with Gasteiger partial charge in [-0.2, -0.15) is 0 Å². The van der Waals surface area contributed by atoms with E-state index < -0.39 is 165 Å². The number of carbonyl (C=O) groups excluding carboxylic acids is 1. The van der Waals surface area contributed by atoms with Crippen LogP contribution in [0.2, 0.25) is 0 Å². The summed E-state index contributed by atoms with van der Waals surface area (Å²) in [5, 5.41) is 8.71. The second kappa shape index (κ2) is 34.2. The van der Waals surface area contributed by atoms with Crippen LogP contribution in [0, 0.1) is 35.0 Å². The Morgan fingerprint density at radius 3 is 1.57 bits per heavy atom. The summed E-state index contributed by atoms with van der Waals surface area (Å²) < 4.78 is 144. The number of esters is 1. The lowest BCUT2D eigenvalue weighted by molar-refractivity contribution is -0.392. The Morgan fingerprint density at radius 2 is 0.942 bits per heavy atom. The molecule has 0 aromatic heterocycles. The van der Waals surface area contributed by atoms with Gasteiger partial charge in [-0.25, -0.2) is 0 Å². The van der Waals surface area contributed by atoms with Gasteiger partial charge in [-0.1, -0.05) is 186 Å². The van der Waals surface area contributed by atoms with E-state index in [1.165, 1.54) is 13.8 Å². The molecule has 0 spiro atoms. The van der Waals surface area contributed by atoms with Gasteiger partial charge in [-0.3, -0.25) is 10.2 Å². The summed E-state index contributed by atoms with van der Waals surface area (Å²) in [4.78, 5) is 13.3. The molecular formula is C81H105NO22. The number of hydrogen-bond acceptors (Lipinski definition) is 23. The highest BCUT2D eigenvalue weighted by Gasteiger charge is 2.63. The fourth-order valence-corrected chi connectivity index (χ4v) is 15.6.